The molecule has 0 N–H and O–H groups in total. The van der Waals surface area contributed by atoms with Crippen LogP contribution in [-0.4, -0.2) is 37.2 Å². The monoisotopic (exact) mass is 929 g/mol. The fourth-order valence-electron chi connectivity index (χ4n) is 7.16. The quantitative estimate of drug-likeness (QED) is 0.0262. The molecule has 0 radical (unpaired) electrons. The van der Waals surface area contributed by atoms with Crippen molar-refractivity contribution in [3.63, 3.8) is 0 Å². The molecule has 1 unspecified atom stereocenters. The van der Waals surface area contributed by atoms with Crippen LogP contribution in [0.5, 0.6) is 0 Å². The number of rotatable bonds is 48. The average Bonchev–Trinajstić information content (AvgIpc) is 3.33. The lowest BCUT2D eigenvalue weighted by molar-refractivity contribution is -0.167. The Morgan fingerprint density at radius 2 is 0.582 bits per heavy atom. The summed E-state index contributed by atoms with van der Waals surface area (Å²) in [7, 11) is 0. The zero-order chi connectivity index (χ0) is 48.6. The molecule has 0 aliphatic carbocycles. The number of allylic oxidation sites excluding steroid dienone is 18. The number of esters is 3. The van der Waals surface area contributed by atoms with E-state index in [1.807, 2.05) is 0 Å². The molecular formula is C61H100O6. The van der Waals surface area contributed by atoms with Crippen molar-refractivity contribution in [3.05, 3.63) is 109 Å². The van der Waals surface area contributed by atoms with Crippen molar-refractivity contribution >= 4 is 17.9 Å². The summed E-state index contributed by atoms with van der Waals surface area (Å²) in [5.41, 5.74) is 0. The highest BCUT2D eigenvalue weighted by Gasteiger charge is 2.19. The lowest BCUT2D eigenvalue weighted by Crippen LogP contribution is -2.30. The first-order valence-electron chi connectivity index (χ1n) is 27.4. The normalized spacial score (nSPS) is 12.9. The van der Waals surface area contributed by atoms with Crippen LogP contribution in [0.3, 0.4) is 0 Å². The summed E-state index contributed by atoms with van der Waals surface area (Å²) in [5.74, 6) is -0.935. The third-order valence-corrected chi connectivity index (χ3v) is 11.3. The van der Waals surface area contributed by atoms with Crippen molar-refractivity contribution in [2.24, 2.45) is 0 Å². The van der Waals surface area contributed by atoms with Crippen molar-refractivity contribution in [1.29, 1.82) is 0 Å². The molecule has 0 fully saturated rings. The van der Waals surface area contributed by atoms with E-state index in [1.54, 1.807) is 0 Å². The molecule has 0 spiro atoms. The minimum atomic E-state index is -0.788. The van der Waals surface area contributed by atoms with Crippen LogP contribution in [0.4, 0.5) is 0 Å². The molecule has 67 heavy (non-hydrogen) atoms. The van der Waals surface area contributed by atoms with Gasteiger partial charge in [-0.25, -0.2) is 0 Å². The first-order valence-corrected chi connectivity index (χ1v) is 27.4. The molecule has 0 bridgehead atoms. The van der Waals surface area contributed by atoms with E-state index in [0.717, 1.165) is 141 Å². The molecule has 0 aromatic rings. The van der Waals surface area contributed by atoms with Crippen molar-refractivity contribution in [2.45, 2.75) is 245 Å². The minimum absolute atomic E-state index is 0.0897. The fourth-order valence-corrected chi connectivity index (χ4v) is 7.16. The highest BCUT2D eigenvalue weighted by molar-refractivity contribution is 5.71. The van der Waals surface area contributed by atoms with E-state index >= 15 is 0 Å². The zero-order valence-electron chi connectivity index (χ0n) is 43.4. The second-order valence-corrected chi connectivity index (χ2v) is 17.8. The number of unbranched alkanes of at least 4 members (excludes halogenated alkanes) is 19. The van der Waals surface area contributed by atoms with Crippen LogP contribution in [0.2, 0.25) is 0 Å². The Kier molecular flexibility index (Phi) is 51.5. The summed E-state index contributed by atoms with van der Waals surface area (Å²) in [4.78, 5) is 37.7. The van der Waals surface area contributed by atoms with Gasteiger partial charge in [0.15, 0.2) is 6.10 Å². The van der Waals surface area contributed by atoms with Crippen LogP contribution in [0.15, 0.2) is 109 Å². The van der Waals surface area contributed by atoms with E-state index in [9.17, 15) is 14.4 Å². The maximum Gasteiger partial charge on any atom is 0.306 e. The van der Waals surface area contributed by atoms with Gasteiger partial charge in [-0.2, -0.15) is 0 Å². The largest absolute Gasteiger partial charge is 0.462 e. The van der Waals surface area contributed by atoms with Gasteiger partial charge in [0.2, 0.25) is 0 Å². The van der Waals surface area contributed by atoms with Gasteiger partial charge in [-0.1, -0.05) is 220 Å². The SMILES string of the molecule is CC/C=C\C/C=C\C/C=C\C/C=C\C/C=C\C/C=C\C/C=C\CCCCCCCC(=O)OCC(COC(=O)CCCCCCC)OC(=O)CCCCCCCCC/C=C\C/C=C\CCCCC. The number of hydrogen-bond donors (Lipinski definition) is 0. The van der Waals surface area contributed by atoms with Gasteiger partial charge in [0, 0.05) is 19.3 Å². The van der Waals surface area contributed by atoms with E-state index in [-0.39, 0.29) is 31.1 Å². The van der Waals surface area contributed by atoms with Crippen molar-refractivity contribution in [3.8, 4) is 0 Å². The van der Waals surface area contributed by atoms with Gasteiger partial charge in [0.25, 0.3) is 0 Å². The van der Waals surface area contributed by atoms with Gasteiger partial charge in [0.05, 0.1) is 0 Å². The molecule has 0 amide bonds. The predicted octanol–water partition coefficient (Wildman–Crippen LogP) is 18.3. The highest BCUT2D eigenvalue weighted by Crippen LogP contribution is 2.13. The number of carbonyl (C=O) groups excluding carboxylic acids is 3. The molecule has 1 atom stereocenters. The maximum absolute atomic E-state index is 12.8. The molecule has 6 heteroatoms. The number of carbonyl (C=O) groups is 3. The van der Waals surface area contributed by atoms with Crippen LogP contribution in [-0.2, 0) is 28.6 Å². The van der Waals surface area contributed by atoms with Crippen molar-refractivity contribution in [2.75, 3.05) is 13.2 Å². The Bertz CT molecular complexity index is 1390. The molecule has 0 aliphatic heterocycles. The molecule has 0 heterocycles. The minimum Gasteiger partial charge on any atom is -0.462 e. The van der Waals surface area contributed by atoms with Crippen LogP contribution in [0, 0.1) is 0 Å². The standard InChI is InChI=1S/C61H100O6/c1-4-7-10-13-15-17-19-21-23-25-26-27-28-29-30-31-32-33-34-36-37-39-41-43-45-48-51-54-60(63)66-57-58(56-65-59(62)53-50-47-12-9-6-3)67-61(64)55-52-49-46-44-42-40-38-35-24-22-20-18-16-14-11-8-5-2/h7,10,15-18,21-24,26-27,29-30,32-33,36-37,58H,4-6,8-9,11-14,19-20,25,28,31,34-35,38-57H2,1-3H3/b10-7-,17-15-,18-16-,23-21-,24-22-,27-26-,30-29-,33-32-,37-36-. The van der Waals surface area contributed by atoms with Crippen molar-refractivity contribution in [1.82, 2.24) is 0 Å². The van der Waals surface area contributed by atoms with Gasteiger partial charge in [-0.15, -0.1) is 0 Å². The van der Waals surface area contributed by atoms with Gasteiger partial charge < -0.3 is 14.2 Å². The fraction of sp³-hybridized carbons (Fsp3) is 0.656. The maximum atomic E-state index is 12.8. The molecule has 0 saturated heterocycles. The number of hydrogen-bond acceptors (Lipinski definition) is 6. The summed E-state index contributed by atoms with van der Waals surface area (Å²) in [5, 5.41) is 0. The first kappa shape index (κ1) is 63.1. The van der Waals surface area contributed by atoms with Gasteiger partial charge in [-0.05, 0) is 109 Å². The topological polar surface area (TPSA) is 78.9 Å². The van der Waals surface area contributed by atoms with Crippen LogP contribution in [0.25, 0.3) is 0 Å². The van der Waals surface area contributed by atoms with E-state index in [1.165, 1.54) is 57.8 Å². The first-order chi connectivity index (χ1) is 33.0. The van der Waals surface area contributed by atoms with Crippen LogP contribution < -0.4 is 0 Å². The lowest BCUT2D eigenvalue weighted by Gasteiger charge is -2.18. The molecule has 0 aromatic heterocycles. The van der Waals surface area contributed by atoms with E-state index in [4.69, 9.17) is 14.2 Å². The zero-order valence-corrected chi connectivity index (χ0v) is 43.4. The second-order valence-electron chi connectivity index (χ2n) is 17.8. The van der Waals surface area contributed by atoms with E-state index < -0.39 is 6.10 Å². The summed E-state index contributed by atoms with van der Waals surface area (Å²) >= 11 is 0. The lowest BCUT2D eigenvalue weighted by atomic mass is 10.1. The Hall–Kier alpha value is -3.93. The van der Waals surface area contributed by atoms with E-state index in [2.05, 4.69) is 130 Å². The summed E-state index contributed by atoms with van der Waals surface area (Å²) in [6.45, 7) is 6.38. The van der Waals surface area contributed by atoms with Crippen LogP contribution in [0.1, 0.15) is 239 Å². The molecule has 0 rings (SSSR count). The Balaban J connectivity index is 4.19. The third kappa shape index (κ3) is 52.9. The third-order valence-electron chi connectivity index (χ3n) is 11.3. The smallest absolute Gasteiger partial charge is 0.306 e. The molecule has 0 aliphatic rings. The average molecular weight is 929 g/mol. The second kappa shape index (κ2) is 54.7. The molecule has 6 nitrogen and oxygen atoms in total. The Morgan fingerprint density at radius 1 is 0.313 bits per heavy atom. The summed E-state index contributed by atoms with van der Waals surface area (Å²) in [6, 6.07) is 0. The van der Waals surface area contributed by atoms with E-state index in [0.29, 0.717) is 19.3 Å². The van der Waals surface area contributed by atoms with Crippen LogP contribution >= 0.6 is 0 Å². The summed E-state index contributed by atoms with van der Waals surface area (Å²) < 4.78 is 16.7. The van der Waals surface area contributed by atoms with Crippen molar-refractivity contribution < 1.29 is 28.6 Å². The molecule has 0 saturated carbocycles. The Morgan fingerprint density at radius 3 is 0.940 bits per heavy atom. The molecule has 380 valence electrons. The van der Waals surface area contributed by atoms with Gasteiger partial charge in [-0.3, -0.25) is 14.4 Å². The predicted molar refractivity (Wildman–Crippen MR) is 288 cm³/mol. The summed E-state index contributed by atoms with van der Waals surface area (Å²) in [6.07, 6.45) is 74.0. The molecule has 0 aromatic carbocycles. The number of ether oxygens (including phenoxy) is 3. The molecular weight excluding hydrogens is 829 g/mol. The van der Waals surface area contributed by atoms with Gasteiger partial charge in [0.1, 0.15) is 13.2 Å². The Labute approximate surface area is 412 Å². The van der Waals surface area contributed by atoms with Gasteiger partial charge >= 0.3 is 17.9 Å². The highest BCUT2D eigenvalue weighted by atomic mass is 16.6.